The Morgan fingerprint density at radius 3 is 2.48 bits per heavy atom. The lowest BCUT2D eigenvalue weighted by molar-refractivity contribution is -0.140. The van der Waals surface area contributed by atoms with Crippen molar-refractivity contribution in [3.05, 3.63) is 29.8 Å². The third-order valence-electron chi connectivity index (χ3n) is 3.55. The number of hydrogen-bond acceptors (Lipinski definition) is 3. The predicted octanol–water partition coefficient (Wildman–Crippen LogP) is 2.37. The molecule has 1 aliphatic rings. The summed E-state index contributed by atoms with van der Waals surface area (Å²) in [6, 6.07) is 7.33. The van der Waals surface area contributed by atoms with Crippen molar-refractivity contribution in [2.45, 2.75) is 39.3 Å². The van der Waals surface area contributed by atoms with Gasteiger partial charge in [-0.15, -0.1) is 0 Å². The summed E-state index contributed by atoms with van der Waals surface area (Å²) in [5, 5.41) is 11.7. The number of carbonyl (C=O) groups is 2. The van der Waals surface area contributed by atoms with Crippen molar-refractivity contribution in [2.75, 3.05) is 0 Å². The van der Waals surface area contributed by atoms with Crippen LogP contribution in [-0.2, 0) is 9.59 Å². The molecule has 0 heterocycles. The van der Waals surface area contributed by atoms with Crippen molar-refractivity contribution in [2.24, 2.45) is 11.8 Å². The number of para-hydroxylation sites is 1. The molecule has 0 aromatic heterocycles. The highest BCUT2D eigenvalue weighted by molar-refractivity contribution is 5.89. The number of hydrogen-bond donors (Lipinski definition) is 2. The van der Waals surface area contributed by atoms with Crippen molar-refractivity contribution in [3.8, 4) is 5.75 Å². The molecular formula is C16H21NO4. The molecule has 21 heavy (non-hydrogen) atoms. The highest BCUT2D eigenvalue weighted by atomic mass is 16.5. The number of rotatable bonds is 6. The van der Waals surface area contributed by atoms with E-state index in [-0.39, 0.29) is 18.1 Å². The second-order valence-corrected chi connectivity index (χ2v) is 5.72. The first-order valence-corrected chi connectivity index (χ1v) is 7.19. The van der Waals surface area contributed by atoms with Crippen LogP contribution in [0.15, 0.2) is 24.3 Å². The Kier molecular flexibility index (Phi) is 4.50. The highest BCUT2D eigenvalue weighted by Gasteiger charge is 2.48. The van der Waals surface area contributed by atoms with Crippen LogP contribution in [0.25, 0.3) is 0 Å². The van der Waals surface area contributed by atoms with Crippen LogP contribution in [0.4, 0.5) is 0 Å². The topological polar surface area (TPSA) is 75.6 Å². The van der Waals surface area contributed by atoms with E-state index < -0.39 is 17.8 Å². The lowest BCUT2D eigenvalue weighted by Crippen LogP contribution is -2.29. The molecule has 1 aliphatic carbocycles. The Labute approximate surface area is 124 Å². The zero-order valence-electron chi connectivity index (χ0n) is 12.5. The van der Waals surface area contributed by atoms with Gasteiger partial charge in [0, 0.05) is 5.56 Å². The van der Waals surface area contributed by atoms with Crippen molar-refractivity contribution < 1.29 is 19.4 Å². The Balaban J connectivity index is 2.02. The van der Waals surface area contributed by atoms with Crippen LogP contribution in [0.2, 0.25) is 0 Å². The fraction of sp³-hybridized carbons (Fsp3) is 0.500. The predicted molar refractivity (Wildman–Crippen MR) is 78.0 cm³/mol. The number of carboxylic acid groups (broad SMARTS) is 1. The van der Waals surface area contributed by atoms with Gasteiger partial charge in [0.1, 0.15) is 5.75 Å². The number of carbonyl (C=O) groups excluding carboxylic acids is 1. The smallest absolute Gasteiger partial charge is 0.307 e. The zero-order valence-corrected chi connectivity index (χ0v) is 12.5. The Morgan fingerprint density at radius 1 is 1.24 bits per heavy atom. The van der Waals surface area contributed by atoms with Crippen molar-refractivity contribution in [1.82, 2.24) is 5.32 Å². The minimum absolute atomic E-state index is 0.0499. The minimum atomic E-state index is -0.897. The first-order valence-electron chi connectivity index (χ1n) is 7.19. The zero-order chi connectivity index (χ0) is 15.6. The second kappa shape index (κ2) is 6.16. The van der Waals surface area contributed by atoms with Gasteiger partial charge in [-0.3, -0.25) is 9.59 Å². The number of nitrogens with one attached hydrogen (secondary N) is 1. The molecule has 1 unspecified atom stereocenters. The molecule has 2 rings (SSSR count). The Hall–Kier alpha value is -2.04. The molecule has 1 aromatic carbocycles. The van der Waals surface area contributed by atoms with Crippen LogP contribution in [0.1, 0.15) is 38.8 Å². The molecule has 5 heteroatoms. The quantitative estimate of drug-likeness (QED) is 0.843. The average Bonchev–Trinajstić information content (AvgIpc) is 3.18. The number of aliphatic carboxylic acids is 1. The number of ether oxygens (including phenoxy) is 1. The van der Waals surface area contributed by atoms with Crippen LogP contribution in [0.3, 0.4) is 0 Å². The van der Waals surface area contributed by atoms with E-state index in [0.717, 1.165) is 11.3 Å². The fourth-order valence-electron chi connectivity index (χ4n) is 2.36. The van der Waals surface area contributed by atoms with E-state index >= 15 is 0 Å². The standard InChI is InChI=1S/C16H21NO4/c1-9(2)21-14-7-5-4-6-11(14)10(3)17-15(18)12-8-13(12)16(19)20/h4-7,9-10,12-13H,8H2,1-3H3,(H,17,18)(H,19,20)/t10?,12-,13+/m1/s1. The van der Waals surface area contributed by atoms with E-state index in [4.69, 9.17) is 9.84 Å². The van der Waals surface area contributed by atoms with E-state index in [9.17, 15) is 9.59 Å². The highest BCUT2D eigenvalue weighted by Crippen LogP contribution is 2.39. The molecule has 0 aliphatic heterocycles. The maximum atomic E-state index is 12.0. The van der Waals surface area contributed by atoms with Crippen LogP contribution in [-0.4, -0.2) is 23.1 Å². The fourth-order valence-corrected chi connectivity index (χ4v) is 2.36. The summed E-state index contributed by atoms with van der Waals surface area (Å²) in [4.78, 5) is 22.8. The van der Waals surface area contributed by atoms with Gasteiger partial charge in [-0.1, -0.05) is 18.2 Å². The van der Waals surface area contributed by atoms with E-state index in [1.54, 1.807) is 0 Å². The molecule has 1 amide bonds. The molecule has 2 N–H and O–H groups in total. The van der Waals surface area contributed by atoms with Crippen molar-refractivity contribution in [3.63, 3.8) is 0 Å². The van der Waals surface area contributed by atoms with Gasteiger partial charge < -0.3 is 15.2 Å². The van der Waals surface area contributed by atoms with Crippen LogP contribution in [0, 0.1) is 11.8 Å². The first kappa shape index (κ1) is 15.4. The molecule has 3 atom stereocenters. The lowest BCUT2D eigenvalue weighted by atomic mass is 10.1. The van der Waals surface area contributed by atoms with Gasteiger partial charge in [0.15, 0.2) is 0 Å². The molecule has 1 saturated carbocycles. The molecule has 114 valence electrons. The summed E-state index contributed by atoms with van der Waals surface area (Å²) in [5.74, 6) is -1.28. The number of amides is 1. The number of benzene rings is 1. The Bertz CT molecular complexity index is 541. The summed E-state index contributed by atoms with van der Waals surface area (Å²) in [7, 11) is 0. The van der Waals surface area contributed by atoms with E-state index in [0.29, 0.717) is 6.42 Å². The van der Waals surface area contributed by atoms with Gasteiger partial charge in [0.2, 0.25) is 5.91 Å². The van der Waals surface area contributed by atoms with Gasteiger partial charge in [0.25, 0.3) is 0 Å². The molecule has 0 spiro atoms. The summed E-state index contributed by atoms with van der Waals surface area (Å²) in [5.41, 5.74) is 0.895. The largest absolute Gasteiger partial charge is 0.491 e. The minimum Gasteiger partial charge on any atom is -0.491 e. The van der Waals surface area contributed by atoms with E-state index in [1.807, 2.05) is 45.0 Å². The van der Waals surface area contributed by atoms with Crippen LogP contribution < -0.4 is 10.1 Å². The normalized spacial score (nSPS) is 21.7. The van der Waals surface area contributed by atoms with E-state index in [2.05, 4.69) is 5.32 Å². The molecule has 0 saturated heterocycles. The van der Waals surface area contributed by atoms with Gasteiger partial charge >= 0.3 is 5.97 Å². The maximum Gasteiger partial charge on any atom is 0.307 e. The van der Waals surface area contributed by atoms with Crippen LogP contribution in [0.5, 0.6) is 5.75 Å². The van der Waals surface area contributed by atoms with Gasteiger partial charge in [0.05, 0.1) is 24.0 Å². The summed E-state index contributed by atoms with van der Waals surface area (Å²) >= 11 is 0. The molecule has 0 radical (unpaired) electrons. The van der Waals surface area contributed by atoms with Crippen molar-refractivity contribution in [1.29, 1.82) is 0 Å². The second-order valence-electron chi connectivity index (χ2n) is 5.72. The van der Waals surface area contributed by atoms with Gasteiger partial charge in [-0.2, -0.15) is 0 Å². The lowest BCUT2D eigenvalue weighted by Gasteiger charge is -2.19. The summed E-state index contributed by atoms with van der Waals surface area (Å²) in [6.45, 7) is 5.77. The SMILES string of the molecule is CC(C)Oc1ccccc1C(C)NC(=O)[C@@H]1C[C@@H]1C(=O)O. The average molecular weight is 291 g/mol. The summed E-state index contributed by atoms with van der Waals surface area (Å²) < 4.78 is 5.74. The molecular weight excluding hydrogens is 270 g/mol. The Morgan fingerprint density at radius 2 is 1.90 bits per heavy atom. The molecule has 0 bridgehead atoms. The van der Waals surface area contributed by atoms with E-state index in [1.165, 1.54) is 0 Å². The molecule has 1 fully saturated rings. The number of carboxylic acids is 1. The summed E-state index contributed by atoms with van der Waals surface area (Å²) in [6.07, 6.45) is 0.478. The van der Waals surface area contributed by atoms with Crippen molar-refractivity contribution >= 4 is 11.9 Å². The third kappa shape index (κ3) is 3.74. The monoisotopic (exact) mass is 291 g/mol. The molecule has 1 aromatic rings. The third-order valence-corrected chi connectivity index (χ3v) is 3.55. The molecule has 5 nitrogen and oxygen atoms in total. The van der Waals surface area contributed by atoms with Crippen LogP contribution >= 0.6 is 0 Å². The van der Waals surface area contributed by atoms with Gasteiger partial charge in [-0.05, 0) is 33.3 Å². The van der Waals surface area contributed by atoms with Gasteiger partial charge in [-0.25, -0.2) is 0 Å². The first-order chi connectivity index (χ1) is 9.90. The maximum absolute atomic E-state index is 12.0.